The summed E-state index contributed by atoms with van der Waals surface area (Å²) in [6, 6.07) is 10.0. The Morgan fingerprint density at radius 2 is 1.93 bits per heavy atom. The molecule has 0 aliphatic heterocycles. The van der Waals surface area contributed by atoms with Crippen molar-refractivity contribution in [3.05, 3.63) is 30.3 Å². The molecule has 1 rings (SSSR count). The van der Waals surface area contributed by atoms with E-state index in [0.717, 1.165) is 12.2 Å². The topological polar surface area (TPSA) is 27.1 Å². The quantitative estimate of drug-likeness (QED) is 0.465. The Kier molecular flexibility index (Phi) is 7.00. The molecule has 1 aromatic carbocycles. The molecule has 14 heavy (non-hydrogen) atoms. The molecule has 0 aliphatic rings. The van der Waals surface area contributed by atoms with Crippen LogP contribution in [0.15, 0.2) is 30.3 Å². The summed E-state index contributed by atoms with van der Waals surface area (Å²) in [5, 5.41) is 8.31. The fourth-order valence-corrected chi connectivity index (χ4v) is 1.62. The van der Waals surface area contributed by atoms with Gasteiger partial charge in [0, 0.05) is 12.2 Å². The highest BCUT2D eigenvalue weighted by Gasteiger charge is 2.07. The highest BCUT2D eigenvalue weighted by atomic mass is 127. The summed E-state index contributed by atoms with van der Waals surface area (Å²) in [5.74, 6) is 0. The fraction of sp³-hybridized carbons (Fsp3) is 0.300. The van der Waals surface area contributed by atoms with Crippen LogP contribution < -0.4 is 28.9 Å². The maximum Gasteiger partial charge on any atom is 0.160 e. The molecule has 2 nitrogen and oxygen atoms in total. The average molecular weight is 321 g/mol. The van der Waals surface area contributed by atoms with Crippen molar-refractivity contribution in [2.45, 2.75) is 6.92 Å². The molecule has 0 aromatic heterocycles. The van der Waals surface area contributed by atoms with Gasteiger partial charge in [0.25, 0.3) is 0 Å². The van der Waals surface area contributed by atoms with Crippen LogP contribution in [0.25, 0.3) is 0 Å². The number of anilines is 1. The minimum Gasteiger partial charge on any atom is -1.00 e. The molecule has 0 heterocycles. The normalized spacial score (nSPS) is 9.00. The highest BCUT2D eigenvalue weighted by molar-refractivity contribution is 8.13. The van der Waals surface area contributed by atoms with Crippen LogP contribution in [-0.4, -0.2) is 18.0 Å². The SMILES string of the molecule is CCN(C(=N)SC)c1ccccc1.[I-]. The van der Waals surface area contributed by atoms with Gasteiger partial charge >= 0.3 is 0 Å². The van der Waals surface area contributed by atoms with Gasteiger partial charge in [0.05, 0.1) is 0 Å². The predicted molar refractivity (Wildman–Crippen MR) is 60.7 cm³/mol. The summed E-state index contributed by atoms with van der Waals surface area (Å²) in [4.78, 5) is 1.98. The molecule has 1 aromatic rings. The van der Waals surface area contributed by atoms with E-state index in [4.69, 9.17) is 5.41 Å². The molecule has 0 spiro atoms. The van der Waals surface area contributed by atoms with Crippen LogP contribution in [0.4, 0.5) is 5.69 Å². The molecule has 0 saturated heterocycles. The summed E-state index contributed by atoms with van der Waals surface area (Å²) in [6.07, 6.45) is 1.92. The number of halogens is 1. The van der Waals surface area contributed by atoms with E-state index in [0.29, 0.717) is 5.17 Å². The van der Waals surface area contributed by atoms with E-state index in [1.54, 1.807) is 0 Å². The van der Waals surface area contributed by atoms with Crippen LogP contribution in [0.5, 0.6) is 0 Å². The molecule has 78 valence electrons. The third-order valence-corrected chi connectivity index (χ3v) is 2.43. The number of amidine groups is 1. The van der Waals surface area contributed by atoms with Gasteiger partial charge < -0.3 is 28.9 Å². The second-order valence-electron chi connectivity index (χ2n) is 2.59. The minimum atomic E-state index is 0. The van der Waals surface area contributed by atoms with E-state index < -0.39 is 0 Å². The summed E-state index contributed by atoms with van der Waals surface area (Å²) in [7, 11) is 0. The summed E-state index contributed by atoms with van der Waals surface area (Å²) >= 11 is 1.46. The summed E-state index contributed by atoms with van der Waals surface area (Å²) in [5.41, 5.74) is 1.09. The van der Waals surface area contributed by atoms with Gasteiger partial charge in [-0.15, -0.1) is 0 Å². The van der Waals surface area contributed by atoms with Crippen LogP contribution in [-0.2, 0) is 0 Å². The zero-order valence-corrected chi connectivity index (χ0v) is 11.3. The number of nitrogens with zero attached hydrogens (tertiary/aromatic N) is 1. The lowest BCUT2D eigenvalue weighted by Crippen LogP contribution is -3.00. The van der Waals surface area contributed by atoms with E-state index in [2.05, 4.69) is 6.92 Å². The molecular formula is C10H14IN2S-. The molecule has 1 N–H and O–H groups in total. The lowest BCUT2D eigenvalue weighted by atomic mass is 10.3. The van der Waals surface area contributed by atoms with Gasteiger partial charge in [-0.25, -0.2) is 0 Å². The van der Waals surface area contributed by atoms with Crippen molar-refractivity contribution in [2.24, 2.45) is 0 Å². The van der Waals surface area contributed by atoms with Crippen molar-refractivity contribution in [3.8, 4) is 0 Å². The Balaban J connectivity index is 0.00000169. The van der Waals surface area contributed by atoms with Crippen LogP contribution in [0.3, 0.4) is 0 Å². The number of rotatable bonds is 2. The molecule has 0 fully saturated rings. The molecule has 0 unspecified atom stereocenters. The van der Waals surface area contributed by atoms with E-state index >= 15 is 0 Å². The zero-order chi connectivity index (χ0) is 9.68. The third-order valence-electron chi connectivity index (χ3n) is 1.82. The first-order chi connectivity index (χ1) is 6.29. The van der Waals surface area contributed by atoms with Gasteiger partial charge in [-0.2, -0.15) is 0 Å². The first-order valence-electron chi connectivity index (χ1n) is 4.24. The third kappa shape index (κ3) is 3.49. The Hall–Kier alpha value is -0.230. The number of hydrogen-bond donors (Lipinski definition) is 1. The van der Waals surface area contributed by atoms with Gasteiger partial charge in [-0.1, -0.05) is 30.0 Å². The van der Waals surface area contributed by atoms with E-state index in [-0.39, 0.29) is 24.0 Å². The summed E-state index contributed by atoms with van der Waals surface area (Å²) < 4.78 is 0. The Labute approximate surface area is 107 Å². The molecule has 0 amide bonds. The second-order valence-corrected chi connectivity index (χ2v) is 3.38. The molecule has 0 radical (unpaired) electrons. The lowest BCUT2D eigenvalue weighted by molar-refractivity contribution is -0.00000289. The monoisotopic (exact) mass is 321 g/mol. The Morgan fingerprint density at radius 1 is 1.36 bits per heavy atom. The van der Waals surface area contributed by atoms with E-state index in [1.807, 2.05) is 41.5 Å². The minimum absolute atomic E-state index is 0. The fourth-order valence-electron chi connectivity index (χ4n) is 1.16. The molecule has 0 atom stereocenters. The number of para-hydroxylation sites is 1. The first kappa shape index (κ1) is 13.8. The summed E-state index contributed by atoms with van der Waals surface area (Å²) in [6.45, 7) is 2.89. The van der Waals surface area contributed by atoms with E-state index in [9.17, 15) is 0 Å². The van der Waals surface area contributed by atoms with Gasteiger partial charge in [0.1, 0.15) is 0 Å². The Bertz CT molecular complexity index is 277. The first-order valence-corrected chi connectivity index (χ1v) is 5.47. The predicted octanol–water partition coefficient (Wildman–Crippen LogP) is -0.185. The van der Waals surface area contributed by atoms with Gasteiger partial charge in [0.15, 0.2) is 5.17 Å². The zero-order valence-electron chi connectivity index (χ0n) is 8.33. The van der Waals surface area contributed by atoms with Crippen molar-refractivity contribution in [3.63, 3.8) is 0 Å². The van der Waals surface area contributed by atoms with Crippen molar-refractivity contribution in [1.29, 1.82) is 5.41 Å². The maximum absolute atomic E-state index is 7.72. The van der Waals surface area contributed by atoms with Gasteiger partial charge in [-0.3, -0.25) is 5.41 Å². The average Bonchev–Trinajstić information content (AvgIpc) is 2.20. The molecule has 0 saturated carbocycles. The second kappa shape index (κ2) is 7.11. The van der Waals surface area contributed by atoms with Crippen LogP contribution >= 0.6 is 11.8 Å². The standard InChI is InChI=1S/C10H14N2S.HI/c1-3-12(10(11)13-2)9-7-5-4-6-8-9;/h4-8,11H,3H2,1-2H3;1H/p-1. The van der Waals surface area contributed by atoms with Crippen molar-refractivity contribution < 1.29 is 24.0 Å². The van der Waals surface area contributed by atoms with E-state index in [1.165, 1.54) is 11.8 Å². The molecule has 4 heteroatoms. The number of thioether (sulfide) groups is 1. The number of nitrogens with one attached hydrogen (secondary N) is 1. The van der Waals surface area contributed by atoms with Crippen LogP contribution in [0.1, 0.15) is 6.92 Å². The van der Waals surface area contributed by atoms with Gasteiger partial charge in [0.2, 0.25) is 0 Å². The number of benzene rings is 1. The van der Waals surface area contributed by atoms with Crippen molar-refractivity contribution in [2.75, 3.05) is 17.7 Å². The lowest BCUT2D eigenvalue weighted by Gasteiger charge is -2.21. The van der Waals surface area contributed by atoms with Gasteiger partial charge in [-0.05, 0) is 25.3 Å². The maximum atomic E-state index is 7.72. The molecule has 0 bridgehead atoms. The van der Waals surface area contributed by atoms with Crippen molar-refractivity contribution in [1.82, 2.24) is 0 Å². The highest BCUT2D eigenvalue weighted by Crippen LogP contribution is 2.16. The van der Waals surface area contributed by atoms with Crippen molar-refractivity contribution >= 4 is 22.6 Å². The smallest absolute Gasteiger partial charge is 0.160 e. The number of hydrogen-bond acceptors (Lipinski definition) is 2. The van der Waals surface area contributed by atoms with Crippen LogP contribution in [0.2, 0.25) is 0 Å². The molecular weight excluding hydrogens is 307 g/mol. The van der Waals surface area contributed by atoms with Crippen LogP contribution in [0, 0.1) is 5.41 Å². The Morgan fingerprint density at radius 3 is 2.36 bits per heavy atom. The largest absolute Gasteiger partial charge is 1.00 e. The molecule has 0 aliphatic carbocycles.